The Kier molecular flexibility index (Phi) is 11.6. The minimum Gasteiger partial charge on any atom is 1.00 e. The molecular formula is C5H10NNaSe2. The van der Waals surface area contributed by atoms with Gasteiger partial charge in [-0.25, -0.2) is 0 Å². The van der Waals surface area contributed by atoms with Gasteiger partial charge in [0.1, 0.15) is 0 Å². The fourth-order valence-corrected chi connectivity index (χ4v) is 1.57. The van der Waals surface area contributed by atoms with Crippen molar-refractivity contribution in [3.05, 3.63) is 0 Å². The zero-order valence-electron chi connectivity index (χ0n) is 6.18. The summed E-state index contributed by atoms with van der Waals surface area (Å²) >= 11 is 5.86. The Morgan fingerprint density at radius 2 is 1.78 bits per heavy atom. The molecule has 1 nitrogen and oxygen atoms in total. The Balaban J connectivity index is 0. The van der Waals surface area contributed by atoms with Crippen molar-refractivity contribution >= 4 is 35.0 Å². The van der Waals surface area contributed by atoms with E-state index in [1.165, 1.54) is 0 Å². The first kappa shape index (κ1) is 13.3. The molecule has 4 heteroatoms. The molecule has 0 fully saturated rings. The first-order valence-electron chi connectivity index (χ1n) is 2.68. The smallest absolute Gasteiger partial charge is 1.00 e. The fraction of sp³-hybridized carbons (Fsp3) is 0.800. The summed E-state index contributed by atoms with van der Waals surface area (Å²) in [5.41, 5.74) is 0. The zero-order valence-corrected chi connectivity index (χ0v) is 11.6. The van der Waals surface area contributed by atoms with Crippen LogP contribution in [0.1, 0.15) is 13.8 Å². The molecule has 0 atom stereocenters. The van der Waals surface area contributed by atoms with Gasteiger partial charge in [-0.05, 0) is 0 Å². The Hall–Kier alpha value is 1.71. The molecule has 0 aliphatic carbocycles. The maximum atomic E-state index is 2.93. The second kappa shape index (κ2) is 7.81. The van der Waals surface area contributed by atoms with Crippen molar-refractivity contribution in [1.29, 1.82) is 0 Å². The maximum absolute atomic E-state index is 2.93. The van der Waals surface area contributed by atoms with Crippen LogP contribution < -0.4 is 29.6 Å². The molecular weight excluding hydrogens is 255 g/mol. The predicted molar refractivity (Wildman–Crippen MR) is 39.4 cm³/mol. The number of nitrogens with zero attached hydrogens (tertiary/aromatic N) is 1. The van der Waals surface area contributed by atoms with Gasteiger partial charge in [0.05, 0.1) is 0 Å². The molecule has 0 spiro atoms. The predicted octanol–water partition coefficient (Wildman–Crippen LogP) is -3.24. The quantitative estimate of drug-likeness (QED) is 0.485. The summed E-state index contributed by atoms with van der Waals surface area (Å²) in [6.45, 7) is 6.42. The Labute approximate surface area is 95.4 Å². The molecule has 0 unspecified atom stereocenters. The zero-order chi connectivity index (χ0) is 6.57. The van der Waals surface area contributed by atoms with Gasteiger partial charge in [0, 0.05) is 0 Å². The summed E-state index contributed by atoms with van der Waals surface area (Å²) in [5.74, 6) is 0. The van der Waals surface area contributed by atoms with Crippen LogP contribution in [-0.4, -0.2) is 53.0 Å². The topological polar surface area (TPSA) is 3.24 Å². The molecule has 0 aliphatic rings. The van der Waals surface area contributed by atoms with E-state index < -0.39 is 0 Å². The molecule has 0 heterocycles. The van der Waals surface area contributed by atoms with Crippen LogP contribution in [0.4, 0.5) is 0 Å². The molecule has 0 bridgehead atoms. The van der Waals surface area contributed by atoms with E-state index in [0.29, 0.717) is 0 Å². The maximum Gasteiger partial charge on any atom is 1.00 e. The van der Waals surface area contributed by atoms with E-state index in [2.05, 4.69) is 50.3 Å². The van der Waals surface area contributed by atoms with Gasteiger partial charge in [-0.1, -0.05) is 0 Å². The summed E-state index contributed by atoms with van der Waals surface area (Å²) in [7, 11) is 0. The molecule has 0 rings (SSSR count). The summed E-state index contributed by atoms with van der Waals surface area (Å²) in [4.78, 5) is 2.22. The first-order chi connectivity index (χ1) is 3.72. The second-order valence-corrected chi connectivity index (χ2v) is 4.37. The van der Waals surface area contributed by atoms with Crippen LogP contribution in [0, 0.1) is 0 Å². The normalized spacial score (nSPS) is 7.78. The minimum absolute atomic E-state index is 0. The fourth-order valence-electron chi connectivity index (χ4n) is 0.482. The third-order valence-electron chi connectivity index (χ3n) is 1.02. The van der Waals surface area contributed by atoms with Gasteiger partial charge >= 0.3 is 96.4 Å². The van der Waals surface area contributed by atoms with E-state index in [1.807, 2.05) is 0 Å². The van der Waals surface area contributed by atoms with E-state index in [-0.39, 0.29) is 29.6 Å². The van der Waals surface area contributed by atoms with Gasteiger partial charge in [-0.2, -0.15) is 0 Å². The molecule has 0 amide bonds. The third-order valence-corrected chi connectivity index (χ3v) is 2.11. The van der Waals surface area contributed by atoms with Crippen molar-refractivity contribution in [3.63, 3.8) is 0 Å². The number of hydrogen-bond acceptors (Lipinski definition) is 1. The molecule has 0 aromatic carbocycles. The van der Waals surface area contributed by atoms with Crippen LogP contribution in [-0.2, 0) is 0 Å². The van der Waals surface area contributed by atoms with Crippen LogP contribution in [0.3, 0.4) is 0 Å². The molecule has 48 valence electrons. The van der Waals surface area contributed by atoms with Gasteiger partial charge < -0.3 is 0 Å². The van der Waals surface area contributed by atoms with Crippen molar-refractivity contribution in [2.24, 2.45) is 0 Å². The Morgan fingerprint density at radius 1 is 1.44 bits per heavy atom. The van der Waals surface area contributed by atoms with Crippen molar-refractivity contribution in [1.82, 2.24) is 4.90 Å². The molecule has 0 N–H and O–H groups in total. The molecule has 0 radical (unpaired) electrons. The van der Waals surface area contributed by atoms with Gasteiger partial charge in [0.25, 0.3) is 0 Å². The number of rotatable bonds is 3. The molecule has 0 aliphatic heterocycles. The van der Waals surface area contributed by atoms with Gasteiger partial charge in [-0.3, -0.25) is 0 Å². The van der Waals surface area contributed by atoms with Gasteiger partial charge in [-0.15, -0.1) is 0 Å². The summed E-state index contributed by atoms with van der Waals surface area (Å²) in [6, 6.07) is 0. The molecule has 0 saturated heterocycles. The summed E-state index contributed by atoms with van der Waals surface area (Å²) < 4.78 is 1.16. The molecule has 0 aromatic heterocycles. The van der Waals surface area contributed by atoms with Gasteiger partial charge in [0.2, 0.25) is 0 Å². The van der Waals surface area contributed by atoms with Crippen molar-refractivity contribution in [2.75, 3.05) is 13.1 Å². The molecule has 0 saturated carbocycles. The van der Waals surface area contributed by atoms with Crippen LogP contribution in [0.15, 0.2) is 0 Å². The average molecular weight is 265 g/mol. The monoisotopic (exact) mass is 267 g/mol. The van der Waals surface area contributed by atoms with Crippen molar-refractivity contribution in [2.45, 2.75) is 13.8 Å². The van der Waals surface area contributed by atoms with E-state index in [9.17, 15) is 0 Å². The minimum atomic E-state index is 0. The van der Waals surface area contributed by atoms with E-state index in [1.54, 1.807) is 0 Å². The van der Waals surface area contributed by atoms with Crippen LogP contribution >= 0.6 is 0 Å². The number of hydrogen-bond donors (Lipinski definition) is 0. The van der Waals surface area contributed by atoms with Crippen LogP contribution in [0.2, 0.25) is 0 Å². The standard InChI is InChI=1S/C5H11NSe2.Na/c1-3-6(4-2)5(7)8;/h3-4H2,1-2H3,(H,7,8);/q;+1/p-1. The third kappa shape index (κ3) is 6.12. The summed E-state index contributed by atoms with van der Waals surface area (Å²) in [5, 5.41) is 0. The Bertz CT molecular complexity index is 83.0. The van der Waals surface area contributed by atoms with E-state index in [4.69, 9.17) is 0 Å². The van der Waals surface area contributed by atoms with Gasteiger partial charge in [0.15, 0.2) is 0 Å². The van der Waals surface area contributed by atoms with Crippen LogP contribution in [0.5, 0.6) is 0 Å². The molecule has 0 aromatic rings. The Morgan fingerprint density at radius 3 is 1.78 bits per heavy atom. The van der Waals surface area contributed by atoms with Crippen molar-refractivity contribution < 1.29 is 29.6 Å². The largest absolute Gasteiger partial charge is 1.00 e. The van der Waals surface area contributed by atoms with E-state index >= 15 is 0 Å². The average Bonchev–Trinajstić information content (AvgIpc) is 1.69. The SMILES string of the molecule is CCN(CC)C(=[Se])[Se-].[Na+]. The van der Waals surface area contributed by atoms with Crippen LogP contribution in [0.25, 0.3) is 0 Å². The molecule has 9 heavy (non-hydrogen) atoms. The van der Waals surface area contributed by atoms with Crippen molar-refractivity contribution in [3.8, 4) is 0 Å². The second-order valence-electron chi connectivity index (χ2n) is 1.44. The van der Waals surface area contributed by atoms with E-state index in [0.717, 1.165) is 16.5 Å². The summed E-state index contributed by atoms with van der Waals surface area (Å²) in [6.07, 6.45) is 0. The first-order valence-corrected chi connectivity index (χ1v) is 4.39.